The largest absolute Gasteiger partial charge is 0.495 e. The van der Waals surface area contributed by atoms with Gasteiger partial charge in [0.25, 0.3) is 11.8 Å². The number of carbonyl (C=O) groups is 2. The van der Waals surface area contributed by atoms with Crippen molar-refractivity contribution in [3.63, 3.8) is 0 Å². The molecule has 7 aromatic rings. The van der Waals surface area contributed by atoms with Gasteiger partial charge in [0.2, 0.25) is 0 Å². The number of nitrogens with zero attached hydrogens (tertiary/aromatic N) is 4. The molecule has 0 bridgehead atoms. The third-order valence-electron chi connectivity index (χ3n) is 9.72. The molecule has 4 aromatic carbocycles. The van der Waals surface area contributed by atoms with Crippen LogP contribution in [0.25, 0.3) is 21.9 Å². The van der Waals surface area contributed by atoms with Gasteiger partial charge >= 0.3 is 0 Å². The second-order valence-corrected chi connectivity index (χ2v) is 13.6. The van der Waals surface area contributed by atoms with Crippen molar-refractivity contribution in [2.45, 2.75) is 26.4 Å². The molecule has 0 aliphatic carbocycles. The molecule has 0 fully saturated rings. The van der Waals surface area contributed by atoms with E-state index in [1.54, 1.807) is 37.6 Å². The van der Waals surface area contributed by atoms with Crippen molar-refractivity contribution in [3.8, 4) is 17.2 Å². The molecule has 290 valence electrons. The maximum atomic E-state index is 13.8. The Hall–Kier alpha value is -6.99. The maximum absolute atomic E-state index is 13.8. The Kier molecular flexibility index (Phi) is 11.3. The molecule has 3 heterocycles. The molecular weight excluding hydrogens is 725 g/mol. The molecule has 0 aliphatic rings. The number of hydrogen-bond acceptors (Lipinski definition) is 10. The zero-order chi connectivity index (χ0) is 40.1. The smallest absolute Gasteiger partial charge is 0.291 e. The molecule has 0 atom stereocenters. The van der Waals surface area contributed by atoms with Gasteiger partial charge in [0.1, 0.15) is 11.3 Å². The van der Waals surface area contributed by atoms with Crippen LogP contribution in [-0.2, 0) is 26.6 Å². The average Bonchev–Trinajstić information content (AvgIpc) is 3.51. The Balaban J connectivity index is 1.07. The van der Waals surface area contributed by atoms with Crippen LogP contribution in [0.15, 0.2) is 113 Å². The van der Waals surface area contributed by atoms with Crippen LogP contribution in [0, 0.1) is 6.92 Å². The first-order valence-electron chi connectivity index (χ1n) is 18.3. The van der Waals surface area contributed by atoms with Gasteiger partial charge in [-0.2, -0.15) is 5.10 Å². The van der Waals surface area contributed by atoms with Crippen LogP contribution >= 0.6 is 0 Å². The molecule has 0 saturated carbocycles. The number of fused-ring (bicyclic) bond motifs is 2. The molecule has 0 aliphatic heterocycles. The fourth-order valence-electron chi connectivity index (χ4n) is 6.79. The first-order chi connectivity index (χ1) is 27.6. The van der Waals surface area contributed by atoms with E-state index >= 15 is 0 Å². The van der Waals surface area contributed by atoms with Crippen LogP contribution in [0.1, 0.15) is 43.3 Å². The number of methoxy groups -OCH3 is 3. The first kappa shape index (κ1) is 38.3. The highest BCUT2D eigenvalue weighted by Gasteiger charge is 2.21. The van der Waals surface area contributed by atoms with Gasteiger partial charge in [0.15, 0.2) is 22.7 Å². The summed E-state index contributed by atoms with van der Waals surface area (Å²) in [5, 5.41) is 11.7. The minimum atomic E-state index is -0.715. The van der Waals surface area contributed by atoms with E-state index in [-0.39, 0.29) is 39.5 Å². The lowest BCUT2D eigenvalue weighted by Crippen LogP contribution is -2.25. The van der Waals surface area contributed by atoms with Gasteiger partial charge in [-0.05, 0) is 78.6 Å². The van der Waals surface area contributed by atoms with E-state index in [9.17, 15) is 14.4 Å². The van der Waals surface area contributed by atoms with Crippen LogP contribution < -0.4 is 30.3 Å². The third-order valence-corrected chi connectivity index (χ3v) is 9.72. The lowest BCUT2D eigenvalue weighted by atomic mass is 10.1. The number of benzene rings is 4. The van der Waals surface area contributed by atoms with E-state index < -0.39 is 11.8 Å². The highest BCUT2D eigenvalue weighted by Crippen LogP contribution is 2.34. The summed E-state index contributed by atoms with van der Waals surface area (Å²) in [5.41, 5.74) is 6.08. The number of ether oxygens (including phenoxy) is 3. The predicted octanol–water partition coefficient (Wildman–Crippen LogP) is 7.16. The lowest BCUT2D eigenvalue weighted by Gasteiger charge is -2.23. The van der Waals surface area contributed by atoms with E-state index in [0.717, 1.165) is 46.8 Å². The molecule has 13 nitrogen and oxygen atoms in total. The Morgan fingerprint density at radius 3 is 2.28 bits per heavy atom. The van der Waals surface area contributed by atoms with Crippen molar-refractivity contribution in [1.29, 1.82) is 0 Å². The van der Waals surface area contributed by atoms with Gasteiger partial charge in [-0.1, -0.05) is 30.3 Å². The lowest BCUT2D eigenvalue weighted by molar-refractivity contribution is 0.0997. The number of carbonyl (C=O) groups excluding carboxylic acids is 2. The van der Waals surface area contributed by atoms with Crippen molar-refractivity contribution in [2.24, 2.45) is 7.05 Å². The van der Waals surface area contributed by atoms with Crippen LogP contribution in [0.2, 0.25) is 0 Å². The number of para-hydroxylation sites is 1. The summed E-state index contributed by atoms with van der Waals surface area (Å²) in [5.74, 6) is -0.140. The second-order valence-electron chi connectivity index (χ2n) is 13.6. The Bertz CT molecular complexity index is 2650. The topological polar surface area (TPSA) is 150 Å². The maximum Gasteiger partial charge on any atom is 0.291 e. The monoisotopic (exact) mass is 766 g/mol. The summed E-state index contributed by atoms with van der Waals surface area (Å²) in [4.78, 5) is 46.6. The summed E-state index contributed by atoms with van der Waals surface area (Å²) >= 11 is 0. The Morgan fingerprint density at radius 2 is 1.51 bits per heavy atom. The fourth-order valence-corrected chi connectivity index (χ4v) is 6.79. The number of pyridine rings is 1. The van der Waals surface area contributed by atoms with Gasteiger partial charge in [0, 0.05) is 56.1 Å². The second kappa shape index (κ2) is 16.8. The molecule has 0 saturated heterocycles. The molecule has 2 N–H and O–H groups in total. The molecular formula is C44H42N6O7. The standard InChI is InChI=1S/C44H42N6O7/c1-27-34-19-29(12-15-37(34)49(2)48-27)25-50(26-30-18-32(54-3)24-45-23-30)17-16-28-10-13-31(14-11-28)46-43(52)35-20-40(55-4)41(56-5)21-36(35)47-44(53)42-22-38(51)33-8-6-7-9-39(33)57-42/h6-15,18-24H,16-17,25-26H2,1-5H3,(H,46,52)(H,47,53). The zero-order valence-corrected chi connectivity index (χ0v) is 32.3. The highest BCUT2D eigenvalue weighted by atomic mass is 16.5. The summed E-state index contributed by atoms with van der Waals surface area (Å²) in [6, 6.07) is 26.8. The number of nitrogens with one attached hydrogen (secondary N) is 2. The molecule has 7 rings (SSSR count). The predicted molar refractivity (Wildman–Crippen MR) is 218 cm³/mol. The summed E-state index contributed by atoms with van der Waals surface area (Å²) in [7, 11) is 6.49. The van der Waals surface area contributed by atoms with Crippen LogP contribution in [0.3, 0.4) is 0 Å². The van der Waals surface area contributed by atoms with Crippen molar-refractivity contribution >= 4 is 45.1 Å². The van der Waals surface area contributed by atoms with Crippen LogP contribution in [0.5, 0.6) is 17.2 Å². The van der Waals surface area contributed by atoms with Crippen LogP contribution in [0.4, 0.5) is 11.4 Å². The van der Waals surface area contributed by atoms with E-state index in [0.29, 0.717) is 29.9 Å². The number of anilines is 2. The minimum Gasteiger partial charge on any atom is -0.495 e. The van der Waals surface area contributed by atoms with Crippen LogP contribution in [-0.4, -0.2) is 59.4 Å². The SMILES string of the molecule is COc1cncc(CN(CCc2ccc(NC(=O)c3cc(OC)c(OC)cc3NC(=O)c3cc(=O)c4ccccc4o3)cc2)Cc2ccc3c(c2)c(C)nn3C)c1. The van der Waals surface area contributed by atoms with Gasteiger partial charge in [-0.25, -0.2) is 0 Å². The number of hydrogen-bond donors (Lipinski definition) is 2. The normalized spacial score (nSPS) is 11.2. The molecule has 2 amide bonds. The molecule has 0 radical (unpaired) electrons. The van der Waals surface area contributed by atoms with E-state index in [2.05, 4.69) is 43.8 Å². The molecule has 57 heavy (non-hydrogen) atoms. The van der Waals surface area contributed by atoms with Gasteiger partial charge in [-0.15, -0.1) is 0 Å². The van der Waals surface area contributed by atoms with Crippen molar-refractivity contribution < 1.29 is 28.2 Å². The number of rotatable bonds is 14. The number of aryl methyl sites for hydroxylation is 2. The van der Waals surface area contributed by atoms with Gasteiger partial charge in [-0.3, -0.25) is 28.9 Å². The molecule has 3 aromatic heterocycles. The average molecular weight is 767 g/mol. The quantitative estimate of drug-likeness (QED) is 0.117. The van der Waals surface area contributed by atoms with E-state index in [4.69, 9.17) is 18.6 Å². The molecule has 0 unspecified atom stereocenters. The van der Waals surface area contributed by atoms with E-state index in [1.807, 2.05) is 55.2 Å². The Labute approximate surface area is 328 Å². The van der Waals surface area contributed by atoms with Crippen molar-refractivity contribution in [2.75, 3.05) is 38.5 Å². The summed E-state index contributed by atoms with van der Waals surface area (Å²) < 4.78 is 24.0. The highest BCUT2D eigenvalue weighted by molar-refractivity contribution is 6.12. The third kappa shape index (κ3) is 8.63. The first-order valence-corrected chi connectivity index (χ1v) is 18.3. The number of aromatic nitrogens is 3. The summed E-state index contributed by atoms with van der Waals surface area (Å²) in [6.45, 7) is 4.16. The fraction of sp³-hybridized carbons (Fsp3) is 0.205. The van der Waals surface area contributed by atoms with Crippen molar-refractivity contribution in [3.05, 3.63) is 147 Å². The number of amides is 2. The minimum absolute atomic E-state index is 0.107. The van der Waals surface area contributed by atoms with E-state index in [1.165, 1.54) is 31.9 Å². The van der Waals surface area contributed by atoms with Gasteiger partial charge in [0.05, 0.1) is 55.4 Å². The Morgan fingerprint density at radius 1 is 0.772 bits per heavy atom. The zero-order valence-electron chi connectivity index (χ0n) is 32.3. The van der Waals surface area contributed by atoms with Gasteiger partial charge < -0.3 is 29.3 Å². The summed E-state index contributed by atoms with van der Waals surface area (Å²) in [6.07, 6.45) is 4.30. The van der Waals surface area contributed by atoms with Crippen molar-refractivity contribution in [1.82, 2.24) is 19.7 Å². The molecule has 13 heteroatoms. The molecule has 0 spiro atoms.